The number of amides is 1. The van der Waals surface area contributed by atoms with Crippen LogP contribution in [0.1, 0.15) is 36.5 Å². The minimum Gasteiger partial charge on any atom is -0.465 e. The summed E-state index contributed by atoms with van der Waals surface area (Å²) in [5, 5.41) is 3.48. The summed E-state index contributed by atoms with van der Waals surface area (Å²) in [4.78, 5) is 39.0. The number of hydrogen-bond donors (Lipinski definition) is 2. The number of imidazole rings is 1. The number of fused-ring (bicyclic) bond motifs is 1. The lowest BCUT2D eigenvalue weighted by Crippen LogP contribution is -2.56. The molecule has 170 valence electrons. The number of methoxy groups -OCH3 is 2. The van der Waals surface area contributed by atoms with Gasteiger partial charge in [-0.25, -0.2) is 14.8 Å². The van der Waals surface area contributed by atoms with E-state index < -0.39 is 5.97 Å². The maximum Gasteiger partial charge on any atom is 0.340 e. The molecule has 1 aromatic heterocycles. The molecule has 4 rings (SSSR count). The zero-order chi connectivity index (χ0) is 22.8. The van der Waals surface area contributed by atoms with Gasteiger partial charge in [0.05, 0.1) is 30.3 Å². The summed E-state index contributed by atoms with van der Waals surface area (Å²) in [6, 6.07) is 5.18. The third kappa shape index (κ3) is 4.22. The van der Waals surface area contributed by atoms with Crippen LogP contribution in [-0.2, 0) is 14.3 Å². The van der Waals surface area contributed by atoms with Gasteiger partial charge in [0.15, 0.2) is 0 Å². The number of aliphatic imine (C=N–C) groups is 1. The standard InChI is InChI=1S/C22H26ClN5O4/c1-4-12-10-16(24-19(12)23)20(29)25-14-8-9-28(11-17(14)31-2)22-26-15-7-5-6-13(18(15)27-22)21(30)32-3/h5-7,14,17H,4,8-11H2,1-3H3,(H,25,29)(H,26,27)/t14-,17+/m1/s1. The Labute approximate surface area is 190 Å². The molecule has 2 N–H and O–H groups in total. The van der Waals surface area contributed by atoms with E-state index in [0.717, 1.165) is 17.5 Å². The molecular formula is C22H26ClN5O4. The molecule has 1 amide bonds. The van der Waals surface area contributed by atoms with E-state index in [-0.39, 0.29) is 18.1 Å². The Bertz CT molecular complexity index is 1110. The van der Waals surface area contributed by atoms with Crippen LogP contribution in [0, 0.1) is 0 Å². The van der Waals surface area contributed by atoms with Crippen molar-refractivity contribution < 1.29 is 19.1 Å². The molecule has 2 aliphatic heterocycles. The largest absolute Gasteiger partial charge is 0.465 e. The number of halogens is 1. The normalized spacial score (nSPS) is 21.1. The summed E-state index contributed by atoms with van der Waals surface area (Å²) in [6.07, 6.45) is 1.68. The summed E-state index contributed by atoms with van der Waals surface area (Å²) in [6.45, 7) is 3.18. The lowest BCUT2D eigenvalue weighted by molar-refractivity contribution is -0.116. The van der Waals surface area contributed by atoms with Gasteiger partial charge >= 0.3 is 5.97 Å². The number of esters is 1. The summed E-state index contributed by atoms with van der Waals surface area (Å²) >= 11 is 6.12. The number of aromatic nitrogens is 2. The second-order valence-corrected chi connectivity index (χ2v) is 8.18. The first-order valence-electron chi connectivity index (χ1n) is 10.6. The van der Waals surface area contributed by atoms with Crippen LogP contribution in [0.5, 0.6) is 0 Å². The van der Waals surface area contributed by atoms with Crippen LogP contribution in [-0.4, -0.2) is 67.0 Å². The molecule has 0 bridgehead atoms. The smallest absolute Gasteiger partial charge is 0.340 e. The number of para-hydroxylation sites is 1. The van der Waals surface area contributed by atoms with Gasteiger partial charge < -0.3 is 24.7 Å². The fourth-order valence-electron chi connectivity index (χ4n) is 4.12. The number of allylic oxidation sites excluding steroid dienone is 1. The number of H-pyrrole nitrogens is 1. The van der Waals surface area contributed by atoms with E-state index in [4.69, 9.17) is 21.1 Å². The van der Waals surface area contributed by atoms with E-state index >= 15 is 0 Å². The van der Waals surface area contributed by atoms with Crippen LogP contribution in [0.4, 0.5) is 5.95 Å². The first kappa shape index (κ1) is 22.3. The SMILES string of the molecule is CCC1=C(Cl)N=C(C(=O)N[C@@H]2CCN(c3nc4c(C(=O)OC)cccc4[nH]3)C[C@@H]2OC)C1. The molecule has 1 fully saturated rings. The first-order valence-corrected chi connectivity index (χ1v) is 10.9. The van der Waals surface area contributed by atoms with E-state index in [0.29, 0.717) is 53.8 Å². The zero-order valence-corrected chi connectivity index (χ0v) is 19.0. The molecular weight excluding hydrogens is 434 g/mol. The number of hydrogen-bond acceptors (Lipinski definition) is 7. The van der Waals surface area contributed by atoms with Crippen molar-refractivity contribution in [2.45, 2.75) is 38.3 Å². The van der Waals surface area contributed by atoms with E-state index in [2.05, 4.69) is 25.2 Å². The van der Waals surface area contributed by atoms with E-state index in [1.807, 2.05) is 13.0 Å². The molecule has 1 saturated heterocycles. The quantitative estimate of drug-likeness (QED) is 0.508. The van der Waals surface area contributed by atoms with E-state index in [1.165, 1.54) is 7.11 Å². The van der Waals surface area contributed by atoms with Gasteiger partial charge in [-0.15, -0.1) is 0 Å². The molecule has 9 nitrogen and oxygen atoms in total. The van der Waals surface area contributed by atoms with Gasteiger partial charge in [0, 0.05) is 26.6 Å². The summed E-state index contributed by atoms with van der Waals surface area (Å²) in [5.74, 6) is 0.00552. The Morgan fingerprint density at radius 2 is 2.16 bits per heavy atom. The number of anilines is 1. The number of nitrogens with zero attached hydrogens (tertiary/aromatic N) is 3. The van der Waals surface area contributed by atoms with Gasteiger partial charge in [-0.05, 0) is 30.5 Å². The molecule has 10 heteroatoms. The average molecular weight is 460 g/mol. The number of carbonyl (C=O) groups is 2. The minimum atomic E-state index is -0.430. The van der Waals surface area contributed by atoms with Gasteiger partial charge in [-0.3, -0.25) is 4.79 Å². The minimum absolute atomic E-state index is 0.161. The Morgan fingerprint density at radius 1 is 1.34 bits per heavy atom. The molecule has 2 atom stereocenters. The Balaban J connectivity index is 1.46. The van der Waals surface area contributed by atoms with Crippen molar-refractivity contribution >= 4 is 46.2 Å². The highest BCUT2D eigenvalue weighted by Gasteiger charge is 2.33. The van der Waals surface area contributed by atoms with Crippen molar-refractivity contribution in [1.82, 2.24) is 15.3 Å². The maximum atomic E-state index is 12.7. The second-order valence-electron chi connectivity index (χ2n) is 7.83. The number of piperidine rings is 1. The monoisotopic (exact) mass is 459 g/mol. The van der Waals surface area contributed by atoms with Crippen molar-refractivity contribution in [1.29, 1.82) is 0 Å². The molecule has 0 unspecified atom stereocenters. The summed E-state index contributed by atoms with van der Waals surface area (Å²) in [7, 11) is 2.98. The highest BCUT2D eigenvalue weighted by molar-refractivity contribution is 6.43. The van der Waals surface area contributed by atoms with Gasteiger partial charge in [-0.2, -0.15) is 0 Å². The van der Waals surface area contributed by atoms with Gasteiger partial charge in [0.25, 0.3) is 5.91 Å². The molecule has 1 aromatic carbocycles. The van der Waals surface area contributed by atoms with Crippen LogP contribution in [0.3, 0.4) is 0 Å². The Kier molecular flexibility index (Phi) is 6.48. The fraction of sp³-hybridized carbons (Fsp3) is 0.455. The third-order valence-electron chi connectivity index (χ3n) is 5.98. The van der Waals surface area contributed by atoms with Crippen molar-refractivity contribution in [3.63, 3.8) is 0 Å². The summed E-state index contributed by atoms with van der Waals surface area (Å²) in [5.41, 5.74) is 3.15. The number of benzene rings is 1. The molecule has 32 heavy (non-hydrogen) atoms. The number of rotatable bonds is 6. The van der Waals surface area contributed by atoms with Gasteiger partial charge in [-0.1, -0.05) is 24.6 Å². The lowest BCUT2D eigenvalue weighted by atomic mass is 10.0. The maximum absolute atomic E-state index is 12.7. The fourth-order valence-corrected chi connectivity index (χ4v) is 4.42. The highest BCUT2D eigenvalue weighted by Crippen LogP contribution is 2.27. The van der Waals surface area contributed by atoms with Crippen molar-refractivity contribution in [2.75, 3.05) is 32.2 Å². The number of ether oxygens (including phenoxy) is 2. The van der Waals surface area contributed by atoms with Gasteiger partial charge in [0.2, 0.25) is 5.95 Å². The van der Waals surface area contributed by atoms with Crippen LogP contribution >= 0.6 is 11.6 Å². The molecule has 0 radical (unpaired) electrons. The lowest BCUT2D eigenvalue weighted by Gasteiger charge is -2.37. The van der Waals surface area contributed by atoms with Crippen LogP contribution in [0.25, 0.3) is 11.0 Å². The molecule has 0 aliphatic carbocycles. The number of aromatic amines is 1. The molecule has 3 heterocycles. The van der Waals surface area contributed by atoms with E-state index in [1.54, 1.807) is 19.2 Å². The Morgan fingerprint density at radius 3 is 2.84 bits per heavy atom. The predicted molar refractivity (Wildman–Crippen MR) is 122 cm³/mol. The van der Waals surface area contributed by atoms with E-state index in [9.17, 15) is 9.59 Å². The molecule has 0 spiro atoms. The van der Waals surface area contributed by atoms with Crippen LogP contribution < -0.4 is 10.2 Å². The number of carbonyl (C=O) groups excluding carboxylic acids is 2. The topological polar surface area (TPSA) is 109 Å². The summed E-state index contributed by atoms with van der Waals surface area (Å²) < 4.78 is 10.5. The van der Waals surface area contributed by atoms with Crippen molar-refractivity contribution in [3.8, 4) is 0 Å². The zero-order valence-electron chi connectivity index (χ0n) is 18.3. The molecule has 2 aromatic rings. The van der Waals surface area contributed by atoms with Crippen molar-refractivity contribution in [2.24, 2.45) is 4.99 Å². The van der Waals surface area contributed by atoms with Crippen LogP contribution in [0.2, 0.25) is 0 Å². The highest BCUT2D eigenvalue weighted by atomic mass is 35.5. The Hall–Kier alpha value is -2.91. The van der Waals surface area contributed by atoms with Crippen LogP contribution in [0.15, 0.2) is 33.9 Å². The second kappa shape index (κ2) is 9.30. The molecule has 0 saturated carbocycles. The predicted octanol–water partition coefficient (Wildman–Crippen LogP) is 2.76. The average Bonchev–Trinajstić information content (AvgIpc) is 3.41. The van der Waals surface area contributed by atoms with Crippen molar-refractivity contribution in [3.05, 3.63) is 34.5 Å². The molecule has 2 aliphatic rings. The third-order valence-corrected chi connectivity index (χ3v) is 6.33. The van der Waals surface area contributed by atoms with Gasteiger partial charge in [0.1, 0.15) is 16.4 Å². The number of nitrogens with one attached hydrogen (secondary N) is 2. The first-order chi connectivity index (χ1) is 15.4.